The van der Waals surface area contributed by atoms with Crippen LogP contribution in [0.3, 0.4) is 0 Å². The van der Waals surface area contributed by atoms with Crippen molar-refractivity contribution < 1.29 is 13.6 Å². The molecule has 0 N–H and O–H groups in total. The van der Waals surface area contributed by atoms with Gasteiger partial charge in [0.25, 0.3) is 0 Å². The van der Waals surface area contributed by atoms with Crippen molar-refractivity contribution in [3.05, 3.63) is 86.4 Å². The van der Waals surface area contributed by atoms with E-state index in [4.69, 9.17) is 48.4 Å². The van der Waals surface area contributed by atoms with Gasteiger partial charge in [-0.05, 0) is 92.1 Å². The molecule has 0 aromatic heterocycles. The summed E-state index contributed by atoms with van der Waals surface area (Å²) in [5.74, 6) is 1.80. The molecule has 0 saturated carbocycles. The van der Waals surface area contributed by atoms with Crippen LogP contribution in [0.25, 0.3) is 0 Å². The van der Waals surface area contributed by atoms with Gasteiger partial charge < -0.3 is 13.6 Å². The molecule has 0 aliphatic carbocycles. The van der Waals surface area contributed by atoms with Crippen molar-refractivity contribution in [2.24, 2.45) is 0 Å². The molecule has 0 fully saturated rings. The summed E-state index contributed by atoms with van der Waals surface area (Å²) in [4.78, 5) is 0. The third kappa shape index (κ3) is 5.46. The lowest BCUT2D eigenvalue weighted by atomic mass is 10.2. The lowest BCUT2D eigenvalue weighted by molar-refractivity contribution is 0.388. The van der Waals surface area contributed by atoms with E-state index >= 15 is 0 Å². The summed E-state index contributed by atoms with van der Waals surface area (Å²) in [7, 11) is -1.78. The summed E-state index contributed by atoms with van der Waals surface area (Å²) < 4.78 is 18.0. The summed E-state index contributed by atoms with van der Waals surface area (Å²) in [6.07, 6.45) is 0. The molecule has 0 aliphatic heterocycles. The van der Waals surface area contributed by atoms with Crippen molar-refractivity contribution in [1.29, 1.82) is 0 Å². The average molecular weight is 456 g/mol. The van der Waals surface area contributed by atoms with E-state index in [-0.39, 0.29) is 0 Å². The molecule has 0 amide bonds. The molecule has 3 aromatic rings. The first-order valence-electron chi connectivity index (χ1n) is 8.44. The molecule has 0 unspecified atom stereocenters. The van der Waals surface area contributed by atoms with Crippen LogP contribution < -0.4 is 13.6 Å². The SMILES string of the molecule is Cc1cc(OP(Oc2ccc(Cl)c(C)c2)Oc2ccc(Cl)c(C)c2)ccc1Cl. The topological polar surface area (TPSA) is 27.7 Å². The zero-order chi connectivity index (χ0) is 20.3. The Balaban J connectivity index is 1.86. The number of benzene rings is 3. The molecule has 0 atom stereocenters. The minimum atomic E-state index is -1.78. The third-order valence-electron chi connectivity index (χ3n) is 3.93. The van der Waals surface area contributed by atoms with Gasteiger partial charge in [-0.2, -0.15) is 0 Å². The van der Waals surface area contributed by atoms with Gasteiger partial charge in [0.1, 0.15) is 17.2 Å². The van der Waals surface area contributed by atoms with E-state index in [0.717, 1.165) is 16.7 Å². The summed E-state index contributed by atoms with van der Waals surface area (Å²) in [5.41, 5.74) is 2.70. The van der Waals surface area contributed by atoms with E-state index in [0.29, 0.717) is 32.3 Å². The lowest BCUT2D eigenvalue weighted by Crippen LogP contribution is -2.03. The molecule has 0 heterocycles. The van der Waals surface area contributed by atoms with Crippen LogP contribution in [0.15, 0.2) is 54.6 Å². The van der Waals surface area contributed by atoms with E-state index in [2.05, 4.69) is 0 Å². The van der Waals surface area contributed by atoms with Crippen LogP contribution in [-0.4, -0.2) is 0 Å². The Kier molecular flexibility index (Phi) is 6.95. The Morgan fingerprint density at radius 2 is 0.821 bits per heavy atom. The fourth-order valence-corrected chi connectivity index (χ4v) is 3.66. The van der Waals surface area contributed by atoms with E-state index in [9.17, 15) is 0 Å². The van der Waals surface area contributed by atoms with Crippen LogP contribution in [-0.2, 0) is 0 Å². The Labute approximate surface area is 181 Å². The molecular formula is C21H18Cl3O3P. The number of hydrogen-bond donors (Lipinski definition) is 0. The Bertz CT molecular complexity index is 867. The molecule has 0 radical (unpaired) electrons. The zero-order valence-electron chi connectivity index (χ0n) is 15.5. The zero-order valence-corrected chi connectivity index (χ0v) is 18.7. The maximum atomic E-state index is 6.10. The van der Waals surface area contributed by atoms with Gasteiger partial charge in [-0.1, -0.05) is 34.8 Å². The van der Waals surface area contributed by atoms with Crippen molar-refractivity contribution in [2.75, 3.05) is 0 Å². The number of rotatable bonds is 6. The van der Waals surface area contributed by atoms with E-state index in [1.165, 1.54) is 0 Å². The molecule has 3 rings (SSSR count). The number of hydrogen-bond acceptors (Lipinski definition) is 3. The quantitative estimate of drug-likeness (QED) is 0.350. The summed E-state index contributed by atoms with van der Waals surface area (Å²) >= 11 is 18.3. The highest BCUT2D eigenvalue weighted by Crippen LogP contribution is 2.43. The molecule has 7 heteroatoms. The molecule has 0 aliphatic rings. The van der Waals surface area contributed by atoms with Crippen LogP contribution in [0.4, 0.5) is 0 Å². The molecular weight excluding hydrogens is 438 g/mol. The maximum absolute atomic E-state index is 6.10. The fraction of sp³-hybridized carbons (Fsp3) is 0.143. The second-order valence-corrected chi connectivity index (χ2v) is 8.45. The molecule has 146 valence electrons. The second-order valence-electron chi connectivity index (χ2n) is 6.23. The normalized spacial score (nSPS) is 10.8. The first kappa shape index (κ1) is 21.1. The standard InChI is InChI=1S/C21H18Cl3O3P/c1-13-10-16(4-7-19(13)22)25-28(26-17-5-8-20(23)14(2)11-17)27-18-6-9-21(24)15(3)12-18/h4-12H,1-3H3. The molecule has 3 aromatic carbocycles. The molecule has 0 spiro atoms. The van der Waals surface area contributed by atoms with Gasteiger partial charge in [0.2, 0.25) is 0 Å². The first-order chi connectivity index (χ1) is 13.3. The van der Waals surface area contributed by atoms with Gasteiger partial charge in [0, 0.05) is 15.1 Å². The average Bonchev–Trinajstić information content (AvgIpc) is 2.64. The highest BCUT2D eigenvalue weighted by Gasteiger charge is 2.21. The molecule has 0 bridgehead atoms. The minimum Gasteiger partial charge on any atom is -0.408 e. The maximum Gasteiger partial charge on any atom is 0.530 e. The highest BCUT2D eigenvalue weighted by molar-refractivity contribution is 7.43. The van der Waals surface area contributed by atoms with Crippen LogP contribution in [0.5, 0.6) is 17.2 Å². The van der Waals surface area contributed by atoms with Crippen LogP contribution in [0, 0.1) is 20.8 Å². The van der Waals surface area contributed by atoms with Crippen molar-refractivity contribution in [3.8, 4) is 17.2 Å². The monoisotopic (exact) mass is 454 g/mol. The van der Waals surface area contributed by atoms with Gasteiger partial charge in [0.05, 0.1) is 0 Å². The predicted molar refractivity (Wildman–Crippen MR) is 117 cm³/mol. The van der Waals surface area contributed by atoms with Crippen molar-refractivity contribution in [1.82, 2.24) is 0 Å². The van der Waals surface area contributed by atoms with Crippen molar-refractivity contribution in [3.63, 3.8) is 0 Å². The van der Waals surface area contributed by atoms with Gasteiger partial charge in [-0.25, -0.2) is 0 Å². The van der Waals surface area contributed by atoms with Crippen LogP contribution in [0.2, 0.25) is 15.1 Å². The first-order valence-corrected chi connectivity index (χ1v) is 10.7. The fourth-order valence-electron chi connectivity index (χ4n) is 2.34. The second kappa shape index (κ2) is 9.24. The largest absolute Gasteiger partial charge is 0.530 e. The molecule has 3 nitrogen and oxygen atoms in total. The Morgan fingerprint density at radius 3 is 1.07 bits per heavy atom. The van der Waals surface area contributed by atoms with Crippen molar-refractivity contribution >= 4 is 43.4 Å². The van der Waals surface area contributed by atoms with Crippen LogP contribution in [0.1, 0.15) is 16.7 Å². The lowest BCUT2D eigenvalue weighted by Gasteiger charge is -2.19. The third-order valence-corrected chi connectivity index (χ3v) is 6.28. The highest BCUT2D eigenvalue weighted by atomic mass is 35.5. The van der Waals surface area contributed by atoms with E-state index in [1.54, 1.807) is 36.4 Å². The minimum absolute atomic E-state index is 0.601. The Hall–Kier alpha value is -1.64. The van der Waals surface area contributed by atoms with E-state index in [1.807, 2.05) is 39.0 Å². The molecule has 0 saturated heterocycles. The van der Waals surface area contributed by atoms with Crippen LogP contribution >= 0.6 is 43.4 Å². The van der Waals surface area contributed by atoms with Gasteiger partial charge in [0.15, 0.2) is 0 Å². The molecule has 28 heavy (non-hydrogen) atoms. The van der Waals surface area contributed by atoms with Gasteiger partial charge in [-0.3, -0.25) is 0 Å². The summed E-state index contributed by atoms with van der Waals surface area (Å²) in [6, 6.07) is 16.2. The number of halogens is 3. The summed E-state index contributed by atoms with van der Waals surface area (Å²) in [5, 5.41) is 2.00. The van der Waals surface area contributed by atoms with Crippen molar-refractivity contribution in [2.45, 2.75) is 20.8 Å². The van der Waals surface area contributed by atoms with E-state index < -0.39 is 8.60 Å². The summed E-state index contributed by atoms with van der Waals surface area (Å²) in [6.45, 7) is 5.72. The smallest absolute Gasteiger partial charge is 0.408 e. The van der Waals surface area contributed by atoms with Gasteiger partial charge >= 0.3 is 8.60 Å². The Morgan fingerprint density at radius 1 is 0.536 bits per heavy atom. The number of aryl methyl sites for hydroxylation is 3. The van der Waals surface area contributed by atoms with Gasteiger partial charge in [-0.15, -0.1) is 0 Å². The predicted octanol–water partition coefficient (Wildman–Crippen LogP) is 8.34.